The average Bonchev–Trinajstić information content (AvgIpc) is 2.86. The molecule has 1 aliphatic rings. The molecular weight excluding hydrogens is 194 g/mol. The summed E-state index contributed by atoms with van der Waals surface area (Å²) in [6, 6.07) is 4.30. The third kappa shape index (κ3) is 3.08. The van der Waals surface area contributed by atoms with Crippen LogP contribution in [-0.2, 0) is 11.2 Å². The van der Waals surface area contributed by atoms with Gasteiger partial charge in [0.2, 0.25) is 0 Å². The van der Waals surface area contributed by atoms with E-state index in [4.69, 9.17) is 4.74 Å². The highest BCUT2D eigenvalue weighted by Gasteiger charge is 2.14. The summed E-state index contributed by atoms with van der Waals surface area (Å²) in [5.41, 5.74) is 0. The van der Waals surface area contributed by atoms with E-state index in [2.05, 4.69) is 22.8 Å². The second kappa shape index (κ2) is 5.49. The van der Waals surface area contributed by atoms with Crippen molar-refractivity contribution >= 4 is 11.3 Å². The van der Waals surface area contributed by atoms with Gasteiger partial charge in [0, 0.05) is 24.6 Å². The van der Waals surface area contributed by atoms with E-state index in [1.807, 2.05) is 11.3 Å². The van der Waals surface area contributed by atoms with E-state index < -0.39 is 0 Å². The fourth-order valence-corrected chi connectivity index (χ4v) is 2.44. The van der Waals surface area contributed by atoms with Gasteiger partial charge in [0.15, 0.2) is 0 Å². The van der Waals surface area contributed by atoms with E-state index in [0.29, 0.717) is 6.10 Å². The quantitative estimate of drug-likeness (QED) is 0.753. The summed E-state index contributed by atoms with van der Waals surface area (Å²) in [6.07, 6.45) is 4.08. The van der Waals surface area contributed by atoms with Gasteiger partial charge >= 0.3 is 0 Å². The molecule has 1 aliphatic heterocycles. The number of rotatable bonds is 5. The van der Waals surface area contributed by atoms with Gasteiger partial charge in [0.25, 0.3) is 0 Å². The second-order valence-corrected chi connectivity index (χ2v) is 4.70. The minimum absolute atomic E-state index is 0.471. The topological polar surface area (TPSA) is 21.3 Å². The Balaban J connectivity index is 1.55. The number of hydrogen-bond acceptors (Lipinski definition) is 3. The molecule has 1 fully saturated rings. The summed E-state index contributed by atoms with van der Waals surface area (Å²) in [5, 5.41) is 5.58. The first-order valence-corrected chi connectivity index (χ1v) is 6.18. The van der Waals surface area contributed by atoms with Crippen LogP contribution in [0.15, 0.2) is 17.5 Å². The zero-order valence-corrected chi connectivity index (χ0v) is 9.19. The Labute approximate surface area is 89.3 Å². The van der Waals surface area contributed by atoms with Gasteiger partial charge in [0.1, 0.15) is 0 Å². The van der Waals surface area contributed by atoms with Crippen LogP contribution in [0.2, 0.25) is 0 Å². The monoisotopic (exact) mass is 211 g/mol. The molecule has 1 N–H and O–H groups in total. The number of hydrogen-bond donors (Lipinski definition) is 1. The first-order valence-electron chi connectivity index (χ1n) is 5.30. The number of thiophene rings is 1. The maximum atomic E-state index is 5.53. The lowest BCUT2D eigenvalue weighted by atomic mass is 10.2. The third-order valence-corrected chi connectivity index (χ3v) is 3.46. The Kier molecular flexibility index (Phi) is 3.98. The molecule has 0 spiro atoms. The Hall–Kier alpha value is -0.380. The molecule has 1 aromatic heterocycles. The summed E-state index contributed by atoms with van der Waals surface area (Å²) >= 11 is 1.83. The first-order chi connectivity index (χ1) is 6.95. The van der Waals surface area contributed by atoms with E-state index in [-0.39, 0.29) is 0 Å². The van der Waals surface area contributed by atoms with Gasteiger partial charge < -0.3 is 10.1 Å². The van der Waals surface area contributed by atoms with Crippen molar-refractivity contribution in [3.8, 4) is 0 Å². The maximum Gasteiger partial charge on any atom is 0.0700 e. The Morgan fingerprint density at radius 3 is 3.29 bits per heavy atom. The molecule has 3 heteroatoms. The van der Waals surface area contributed by atoms with Crippen molar-refractivity contribution in [1.82, 2.24) is 5.32 Å². The predicted octanol–water partition coefficient (Wildman–Crippen LogP) is 2.06. The van der Waals surface area contributed by atoms with Gasteiger partial charge in [-0.05, 0) is 30.7 Å². The van der Waals surface area contributed by atoms with Crippen molar-refractivity contribution in [3.63, 3.8) is 0 Å². The van der Waals surface area contributed by atoms with Crippen molar-refractivity contribution in [1.29, 1.82) is 0 Å². The summed E-state index contributed by atoms with van der Waals surface area (Å²) in [7, 11) is 0. The molecule has 0 saturated carbocycles. The van der Waals surface area contributed by atoms with E-state index in [1.54, 1.807) is 0 Å². The summed E-state index contributed by atoms with van der Waals surface area (Å²) in [4.78, 5) is 1.46. The number of nitrogens with one attached hydrogen (secondary N) is 1. The fourth-order valence-electron chi connectivity index (χ4n) is 1.73. The summed E-state index contributed by atoms with van der Waals surface area (Å²) in [5.74, 6) is 0. The van der Waals surface area contributed by atoms with Crippen LogP contribution < -0.4 is 5.32 Å². The SMILES string of the molecule is c1csc(CCNCC2CCCO2)c1. The van der Waals surface area contributed by atoms with Crippen LogP contribution in [0, 0.1) is 0 Å². The molecule has 2 heterocycles. The Bertz CT molecular complexity index is 242. The Morgan fingerprint density at radius 1 is 1.57 bits per heavy atom. The molecule has 0 aliphatic carbocycles. The smallest absolute Gasteiger partial charge is 0.0700 e. The first kappa shape index (κ1) is 10.1. The maximum absolute atomic E-state index is 5.53. The van der Waals surface area contributed by atoms with Gasteiger partial charge in [-0.25, -0.2) is 0 Å². The minimum atomic E-state index is 0.471. The summed E-state index contributed by atoms with van der Waals surface area (Å²) < 4.78 is 5.53. The van der Waals surface area contributed by atoms with E-state index >= 15 is 0 Å². The van der Waals surface area contributed by atoms with Crippen LogP contribution >= 0.6 is 11.3 Å². The molecular formula is C11H17NOS. The third-order valence-electron chi connectivity index (χ3n) is 2.52. The van der Waals surface area contributed by atoms with Gasteiger partial charge in [0.05, 0.1) is 6.10 Å². The molecule has 14 heavy (non-hydrogen) atoms. The highest BCUT2D eigenvalue weighted by atomic mass is 32.1. The highest BCUT2D eigenvalue weighted by molar-refractivity contribution is 7.09. The lowest BCUT2D eigenvalue weighted by Gasteiger charge is -2.09. The lowest BCUT2D eigenvalue weighted by molar-refractivity contribution is 0.110. The molecule has 2 nitrogen and oxygen atoms in total. The molecule has 78 valence electrons. The van der Waals surface area contributed by atoms with Crippen molar-refractivity contribution in [3.05, 3.63) is 22.4 Å². The minimum Gasteiger partial charge on any atom is -0.377 e. The van der Waals surface area contributed by atoms with Crippen LogP contribution in [0.4, 0.5) is 0 Å². The zero-order chi connectivity index (χ0) is 9.64. The van der Waals surface area contributed by atoms with E-state index in [9.17, 15) is 0 Å². The van der Waals surface area contributed by atoms with Gasteiger partial charge in [-0.1, -0.05) is 6.07 Å². The normalized spacial score (nSPS) is 21.6. The lowest BCUT2D eigenvalue weighted by Crippen LogP contribution is -2.27. The molecule has 1 atom stereocenters. The average molecular weight is 211 g/mol. The van der Waals surface area contributed by atoms with E-state index in [1.165, 1.54) is 17.7 Å². The van der Waals surface area contributed by atoms with Crippen LogP contribution in [0.5, 0.6) is 0 Å². The van der Waals surface area contributed by atoms with Crippen LogP contribution in [0.25, 0.3) is 0 Å². The fraction of sp³-hybridized carbons (Fsp3) is 0.636. The van der Waals surface area contributed by atoms with Crippen LogP contribution in [0.3, 0.4) is 0 Å². The van der Waals surface area contributed by atoms with Crippen molar-refractivity contribution in [2.24, 2.45) is 0 Å². The number of ether oxygens (including phenoxy) is 1. The van der Waals surface area contributed by atoms with Crippen molar-refractivity contribution < 1.29 is 4.74 Å². The van der Waals surface area contributed by atoms with Crippen LogP contribution in [-0.4, -0.2) is 25.8 Å². The zero-order valence-electron chi connectivity index (χ0n) is 8.37. The molecule has 1 unspecified atom stereocenters. The van der Waals surface area contributed by atoms with E-state index in [0.717, 1.165) is 26.1 Å². The molecule has 0 bridgehead atoms. The van der Waals surface area contributed by atoms with Crippen LogP contribution in [0.1, 0.15) is 17.7 Å². The van der Waals surface area contributed by atoms with Crippen molar-refractivity contribution in [2.75, 3.05) is 19.7 Å². The van der Waals surface area contributed by atoms with Gasteiger partial charge in [-0.2, -0.15) is 0 Å². The van der Waals surface area contributed by atoms with Gasteiger partial charge in [-0.15, -0.1) is 11.3 Å². The molecule has 1 aromatic rings. The second-order valence-electron chi connectivity index (χ2n) is 3.67. The molecule has 0 amide bonds. The molecule has 0 aromatic carbocycles. The van der Waals surface area contributed by atoms with Crippen molar-refractivity contribution in [2.45, 2.75) is 25.4 Å². The van der Waals surface area contributed by atoms with Gasteiger partial charge in [-0.3, -0.25) is 0 Å². The molecule has 1 saturated heterocycles. The summed E-state index contributed by atoms with van der Waals surface area (Å²) in [6.45, 7) is 3.04. The Morgan fingerprint density at radius 2 is 2.57 bits per heavy atom. The molecule has 0 radical (unpaired) electrons. The largest absolute Gasteiger partial charge is 0.377 e. The predicted molar refractivity (Wildman–Crippen MR) is 59.9 cm³/mol. The molecule has 2 rings (SSSR count). The highest BCUT2D eigenvalue weighted by Crippen LogP contribution is 2.11. The standard InChI is InChI=1S/C11H17NOS/c1-3-10(13-7-1)9-12-6-5-11-4-2-8-14-11/h2,4,8,10,12H,1,3,5-7,9H2.